The molecule has 1 rings (SSSR count). The van der Waals surface area contributed by atoms with E-state index in [2.05, 4.69) is 27.8 Å². The fraction of sp³-hybridized carbons (Fsp3) is 0.250. The molecule has 0 aromatic heterocycles. The molecular weight excluding hydrogens is 259 g/mol. The van der Waals surface area contributed by atoms with E-state index in [1.54, 1.807) is 19.1 Å². The number of carbonyl (C=O) groups is 1. The smallest absolute Gasteiger partial charge is 0.166 e. The van der Waals surface area contributed by atoms with Crippen LogP contribution in [0.25, 0.3) is 0 Å². The summed E-state index contributed by atoms with van der Waals surface area (Å²) >= 11 is 3.04. The van der Waals surface area contributed by atoms with Crippen molar-refractivity contribution in [3.63, 3.8) is 0 Å². The summed E-state index contributed by atoms with van der Waals surface area (Å²) in [4.78, 5) is 11.6. The molecule has 0 spiro atoms. The molecule has 0 N–H and O–H groups in total. The van der Waals surface area contributed by atoms with Crippen LogP contribution >= 0.6 is 15.9 Å². The first-order valence-corrected chi connectivity index (χ1v) is 5.33. The number of benzene rings is 1. The molecule has 1 aromatic carbocycles. The van der Waals surface area contributed by atoms with Crippen LogP contribution in [0.5, 0.6) is 0 Å². The van der Waals surface area contributed by atoms with Crippen molar-refractivity contribution in [2.24, 2.45) is 0 Å². The van der Waals surface area contributed by atoms with Gasteiger partial charge in [-0.1, -0.05) is 6.07 Å². The highest BCUT2D eigenvalue weighted by Gasteiger charge is 2.12. The quantitative estimate of drug-likeness (QED) is 0.605. The molecule has 0 aliphatic rings. The van der Waals surface area contributed by atoms with Gasteiger partial charge in [0.25, 0.3) is 0 Å². The summed E-state index contributed by atoms with van der Waals surface area (Å²) < 4.78 is 13.8. The van der Waals surface area contributed by atoms with Crippen molar-refractivity contribution in [1.82, 2.24) is 0 Å². The molecule has 0 radical (unpaired) electrons. The van der Waals surface area contributed by atoms with Crippen LogP contribution < -0.4 is 0 Å². The van der Waals surface area contributed by atoms with Gasteiger partial charge < -0.3 is 0 Å². The summed E-state index contributed by atoms with van der Waals surface area (Å²) in [6.45, 7) is 1.71. The highest BCUT2D eigenvalue weighted by molar-refractivity contribution is 9.10. The van der Waals surface area contributed by atoms with Crippen molar-refractivity contribution in [3.05, 3.63) is 34.1 Å². The fourth-order valence-electron chi connectivity index (χ4n) is 1.15. The average molecular weight is 269 g/mol. The van der Waals surface area contributed by atoms with E-state index < -0.39 is 5.82 Å². The molecular formula is C12H10BrFO. The summed E-state index contributed by atoms with van der Waals surface area (Å²) in [5.41, 5.74) is 0.127. The van der Waals surface area contributed by atoms with E-state index in [4.69, 9.17) is 0 Å². The minimum Gasteiger partial charge on any atom is -0.294 e. The Balaban J connectivity index is 2.81. The standard InChI is InChI=1S/C12H10BrFO/c1-2-3-4-8-11(15)9-6-5-7-10(13)12(9)14/h5-7H,4,8H2,1H3. The van der Waals surface area contributed by atoms with E-state index in [-0.39, 0.29) is 17.8 Å². The molecule has 0 fully saturated rings. The second kappa shape index (κ2) is 5.67. The SMILES string of the molecule is CC#CCCC(=O)c1cccc(Br)c1F. The molecule has 0 heterocycles. The summed E-state index contributed by atoms with van der Waals surface area (Å²) in [5, 5.41) is 0. The van der Waals surface area contributed by atoms with Gasteiger partial charge in [0.05, 0.1) is 10.0 Å². The van der Waals surface area contributed by atoms with Gasteiger partial charge in [-0.2, -0.15) is 0 Å². The first-order chi connectivity index (χ1) is 7.16. The van der Waals surface area contributed by atoms with Gasteiger partial charge in [0, 0.05) is 12.8 Å². The lowest BCUT2D eigenvalue weighted by molar-refractivity contribution is 0.0980. The Morgan fingerprint density at radius 2 is 2.27 bits per heavy atom. The second-order valence-corrected chi connectivity index (χ2v) is 3.81. The molecule has 0 bridgehead atoms. The van der Waals surface area contributed by atoms with Gasteiger partial charge in [-0.25, -0.2) is 4.39 Å². The van der Waals surface area contributed by atoms with E-state index in [9.17, 15) is 9.18 Å². The predicted molar refractivity (Wildman–Crippen MR) is 61.1 cm³/mol. The van der Waals surface area contributed by atoms with E-state index in [1.807, 2.05) is 0 Å². The molecule has 0 aliphatic carbocycles. The van der Waals surface area contributed by atoms with E-state index in [0.717, 1.165) is 0 Å². The minimum absolute atomic E-state index is 0.127. The van der Waals surface area contributed by atoms with Crippen LogP contribution in [0.3, 0.4) is 0 Å². The fourth-order valence-corrected chi connectivity index (χ4v) is 1.52. The van der Waals surface area contributed by atoms with E-state index in [1.165, 1.54) is 6.07 Å². The first kappa shape index (κ1) is 11.9. The second-order valence-electron chi connectivity index (χ2n) is 2.95. The number of carbonyl (C=O) groups excluding carboxylic acids is 1. The lowest BCUT2D eigenvalue weighted by atomic mass is 10.1. The van der Waals surface area contributed by atoms with Gasteiger partial charge in [0.1, 0.15) is 5.82 Å². The largest absolute Gasteiger partial charge is 0.294 e. The lowest BCUT2D eigenvalue weighted by Crippen LogP contribution is -2.02. The molecule has 1 aromatic rings. The Morgan fingerprint density at radius 3 is 2.93 bits per heavy atom. The lowest BCUT2D eigenvalue weighted by Gasteiger charge is -2.01. The monoisotopic (exact) mass is 268 g/mol. The summed E-state index contributed by atoms with van der Waals surface area (Å²) in [6, 6.07) is 4.70. The van der Waals surface area contributed by atoms with Gasteiger partial charge in [0.15, 0.2) is 5.78 Å². The average Bonchev–Trinajstić information content (AvgIpc) is 2.22. The number of halogens is 2. The van der Waals surface area contributed by atoms with Crippen molar-refractivity contribution >= 4 is 21.7 Å². The number of hydrogen-bond acceptors (Lipinski definition) is 1. The maximum Gasteiger partial charge on any atom is 0.166 e. The van der Waals surface area contributed by atoms with Gasteiger partial charge in [-0.15, -0.1) is 11.8 Å². The minimum atomic E-state index is -0.494. The Kier molecular flexibility index (Phi) is 4.51. The van der Waals surface area contributed by atoms with Crippen LogP contribution in [0.4, 0.5) is 4.39 Å². The Morgan fingerprint density at radius 1 is 1.53 bits per heavy atom. The van der Waals surface area contributed by atoms with Crippen LogP contribution in [0.2, 0.25) is 0 Å². The molecule has 0 atom stereocenters. The number of rotatable bonds is 3. The summed E-state index contributed by atoms with van der Waals surface area (Å²) in [5.74, 6) is 4.77. The van der Waals surface area contributed by atoms with Crippen molar-refractivity contribution in [2.45, 2.75) is 19.8 Å². The number of Topliss-reactive ketones (excluding diaryl/α,β-unsaturated/α-hetero) is 1. The van der Waals surface area contributed by atoms with Crippen molar-refractivity contribution in [3.8, 4) is 11.8 Å². The molecule has 3 heteroatoms. The summed E-state index contributed by atoms with van der Waals surface area (Å²) in [7, 11) is 0. The number of ketones is 1. The van der Waals surface area contributed by atoms with Crippen LogP contribution in [-0.4, -0.2) is 5.78 Å². The third kappa shape index (κ3) is 3.17. The van der Waals surface area contributed by atoms with Gasteiger partial charge >= 0.3 is 0 Å². The van der Waals surface area contributed by atoms with Crippen molar-refractivity contribution in [1.29, 1.82) is 0 Å². The molecule has 78 valence electrons. The van der Waals surface area contributed by atoms with Crippen molar-refractivity contribution < 1.29 is 9.18 Å². The first-order valence-electron chi connectivity index (χ1n) is 4.53. The highest BCUT2D eigenvalue weighted by atomic mass is 79.9. The van der Waals surface area contributed by atoms with Crippen LogP contribution in [0, 0.1) is 17.7 Å². The molecule has 0 amide bonds. The topological polar surface area (TPSA) is 17.1 Å². The maximum atomic E-state index is 13.5. The molecule has 15 heavy (non-hydrogen) atoms. The van der Waals surface area contributed by atoms with Gasteiger partial charge in [-0.3, -0.25) is 4.79 Å². The summed E-state index contributed by atoms with van der Waals surface area (Å²) in [6.07, 6.45) is 0.732. The zero-order valence-corrected chi connectivity index (χ0v) is 9.90. The molecule has 0 aliphatic heterocycles. The zero-order chi connectivity index (χ0) is 11.3. The highest BCUT2D eigenvalue weighted by Crippen LogP contribution is 2.19. The van der Waals surface area contributed by atoms with E-state index in [0.29, 0.717) is 10.9 Å². The van der Waals surface area contributed by atoms with Crippen molar-refractivity contribution in [2.75, 3.05) is 0 Å². The van der Waals surface area contributed by atoms with Crippen LogP contribution in [-0.2, 0) is 0 Å². The maximum absolute atomic E-state index is 13.5. The Bertz CT molecular complexity index is 429. The van der Waals surface area contributed by atoms with Crippen LogP contribution in [0.15, 0.2) is 22.7 Å². The number of hydrogen-bond donors (Lipinski definition) is 0. The molecule has 0 unspecified atom stereocenters. The van der Waals surface area contributed by atoms with E-state index >= 15 is 0 Å². The molecule has 0 saturated heterocycles. The predicted octanol–water partition coefficient (Wildman–Crippen LogP) is 3.57. The Hall–Kier alpha value is -1.14. The van der Waals surface area contributed by atoms with Gasteiger partial charge in [-0.05, 0) is 35.0 Å². The van der Waals surface area contributed by atoms with Gasteiger partial charge in [0.2, 0.25) is 0 Å². The molecule has 0 saturated carbocycles. The Labute approximate surface area is 96.8 Å². The third-order valence-corrected chi connectivity index (χ3v) is 2.52. The van der Waals surface area contributed by atoms with Crippen LogP contribution in [0.1, 0.15) is 30.1 Å². The third-order valence-electron chi connectivity index (χ3n) is 1.91. The zero-order valence-electron chi connectivity index (χ0n) is 8.31. The normalized spacial score (nSPS) is 9.27. The molecule has 1 nitrogen and oxygen atoms in total.